The summed E-state index contributed by atoms with van der Waals surface area (Å²) in [5.41, 5.74) is 2.22. The van der Waals surface area contributed by atoms with Crippen molar-refractivity contribution in [3.63, 3.8) is 0 Å². The van der Waals surface area contributed by atoms with Crippen molar-refractivity contribution in [1.82, 2.24) is 0 Å². The molecule has 0 unspecified atom stereocenters. The van der Waals surface area contributed by atoms with Crippen molar-refractivity contribution in [3.05, 3.63) is 36.4 Å². The molecule has 56 valence electrons. The van der Waals surface area contributed by atoms with Gasteiger partial charge in [-0.25, -0.2) is 4.99 Å². The first-order chi connectivity index (χ1) is 5.36. The molecule has 0 aliphatic rings. The Bertz CT molecular complexity index is 283. The predicted octanol–water partition coefficient (Wildman–Crippen LogP) is 2.74. The van der Waals surface area contributed by atoms with Crippen molar-refractivity contribution in [1.29, 1.82) is 0 Å². The predicted molar refractivity (Wildman–Crippen MR) is 48.5 cm³/mol. The average molecular weight is 145 g/mol. The van der Waals surface area contributed by atoms with Crippen molar-refractivity contribution in [2.45, 2.75) is 13.3 Å². The number of aryl methyl sites for hydroxylation is 1. The fourth-order valence-corrected chi connectivity index (χ4v) is 0.937. The van der Waals surface area contributed by atoms with Crippen LogP contribution in [0.1, 0.15) is 12.5 Å². The van der Waals surface area contributed by atoms with Gasteiger partial charge in [0.25, 0.3) is 0 Å². The van der Waals surface area contributed by atoms with Gasteiger partial charge in [0.15, 0.2) is 0 Å². The summed E-state index contributed by atoms with van der Waals surface area (Å²) in [6.45, 7) is 5.54. The molecule has 1 rings (SSSR count). The molecule has 0 atom stereocenters. The zero-order chi connectivity index (χ0) is 8.10. The van der Waals surface area contributed by atoms with Crippen molar-refractivity contribution >= 4 is 11.6 Å². The van der Waals surface area contributed by atoms with Gasteiger partial charge < -0.3 is 0 Å². The number of rotatable bonds is 2. The van der Waals surface area contributed by atoms with E-state index in [1.807, 2.05) is 18.2 Å². The molecule has 0 radical (unpaired) electrons. The van der Waals surface area contributed by atoms with Gasteiger partial charge in [0, 0.05) is 0 Å². The molecule has 0 aliphatic heterocycles. The van der Waals surface area contributed by atoms with Gasteiger partial charge in [-0.05, 0) is 36.6 Å². The molecule has 1 aromatic rings. The van der Waals surface area contributed by atoms with Crippen LogP contribution < -0.4 is 0 Å². The first kappa shape index (κ1) is 7.77. The minimum atomic E-state index is 0.930. The SMILES string of the molecule is C=C=Nc1cccc(CC)c1. The molecule has 0 spiro atoms. The summed E-state index contributed by atoms with van der Waals surface area (Å²) in [5, 5.41) is 0. The highest BCUT2D eigenvalue weighted by molar-refractivity contribution is 5.55. The fourth-order valence-electron chi connectivity index (χ4n) is 0.937. The Morgan fingerprint density at radius 3 is 3.00 bits per heavy atom. The topological polar surface area (TPSA) is 12.4 Å². The van der Waals surface area contributed by atoms with E-state index in [2.05, 4.69) is 30.4 Å². The van der Waals surface area contributed by atoms with Gasteiger partial charge >= 0.3 is 0 Å². The summed E-state index contributed by atoms with van der Waals surface area (Å²) in [7, 11) is 0. The van der Waals surface area contributed by atoms with Crippen LogP contribution in [-0.4, -0.2) is 5.87 Å². The van der Waals surface area contributed by atoms with E-state index in [1.165, 1.54) is 5.56 Å². The lowest BCUT2D eigenvalue weighted by Crippen LogP contribution is -1.76. The van der Waals surface area contributed by atoms with Crippen molar-refractivity contribution in [2.75, 3.05) is 0 Å². The quantitative estimate of drug-likeness (QED) is 0.567. The Kier molecular flexibility index (Phi) is 2.65. The van der Waals surface area contributed by atoms with Crippen LogP contribution in [0.2, 0.25) is 0 Å². The second-order valence-electron chi connectivity index (χ2n) is 2.29. The number of nitrogens with zero attached hydrogens (tertiary/aromatic N) is 1. The highest BCUT2D eigenvalue weighted by Gasteiger charge is 1.89. The first-order valence-corrected chi connectivity index (χ1v) is 3.68. The van der Waals surface area contributed by atoms with Crippen molar-refractivity contribution in [3.8, 4) is 0 Å². The molecule has 1 heteroatoms. The zero-order valence-electron chi connectivity index (χ0n) is 6.67. The Morgan fingerprint density at radius 2 is 2.36 bits per heavy atom. The molecule has 1 aromatic carbocycles. The summed E-state index contributed by atoms with van der Waals surface area (Å²) < 4.78 is 0. The van der Waals surface area contributed by atoms with Crippen LogP contribution in [-0.2, 0) is 6.42 Å². The number of benzene rings is 1. The third-order valence-electron chi connectivity index (χ3n) is 1.53. The molecule has 0 fully saturated rings. The highest BCUT2D eigenvalue weighted by atomic mass is 14.7. The molecule has 0 heterocycles. The van der Waals surface area contributed by atoms with Gasteiger partial charge in [-0.15, -0.1) is 0 Å². The van der Waals surface area contributed by atoms with E-state index in [0.29, 0.717) is 0 Å². The van der Waals surface area contributed by atoms with E-state index in [1.54, 1.807) is 0 Å². The van der Waals surface area contributed by atoms with E-state index in [9.17, 15) is 0 Å². The van der Waals surface area contributed by atoms with Crippen LogP contribution in [0.15, 0.2) is 35.8 Å². The van der Waals surface area contributed by atoms with E-state index in [4.69, 9.17) is 0 Å². The highest BCUT2D eigenvalue weighted by Crippen LogP contribution is 2.13. The van der Waals surface area contributed by atoms with Gasteiger partial charge in [-0.3, -0.25) is 0 Å². The van der Waals surface area contributed by atoms with Crippen molar-refractivity contribution in [2.24, 2.45) is 4.99 Å². The van der Waals surface area contributed by atoms with Crippen LogP contribution in [0, 0.1) is 0 Å². The molecule has 0 saturated carbocycles. The smallest absolute Gasteiger partial charge is 0.0732 e. The van der Waals surface area contributed by atoms with Crippen LogP contribution in [0.3, 0.4) is 0 Å². The number of hydrogen-bond acceptors (Lipinski definition) is 1. The largest absolute Gasteiger partial charge is 0.207 e. The van der Waals surface area contributed by atoms with Gasteiger partial charge in [-0.1, -0.05) is 19.1 Å². The Balaban J connectivity index is 3.00. The fraction of sp³-hybridized carbons (Fsp3) is 0.200. The summed E-state index contributed by atoms with van der Waals surface area (Å²) in [6.07, 6.45) is 1.04. The minimum Gasteiger partial charge on any atom is -0.207 e. The minimum absolute atomic E-state index is 0.930. The Hall–Kier alpha value is -1.33. The molecule has 1 nitrogen and oxygen atoms in total. The van der Waals surface area contributed by atoms with Crippen molar-refractivity contribution < 1.29 is 0 Å². The summed E-state index contributed by atoms with van der Waals surface area (Å²) in [6, 6.07) is 8.06. The van der Waals surface area contributed by atoms with E-state index in [0.717, 1.165) is 12.1 Å². The normalized spacial score (nSPS) is 8.82. The number of aliphatic imine (C=N–C) groups is 1. The van der Waals surface area contributed by atoms with Crippen LogP contribution >= 0.6 is 0 Å². The van der Waals surface area contributed by atoms with E-state index >= 15 is 0 Å². The van der Waals surface area contributed by atoms with Gasteiger partial charge in [0.2, 0.25) is 0 Å². The average Bonchev–Trinajstić information content (AvgIpc) is 2.06. The maximum atomic E-state index is 3.95. The lowest BCUT2D eigenvalue weighted by molar-refractivity contribution is 1.14. The Labute approximate surface area is 67.1 Å². The first-order valence-electron chi connectivity index (χ1n) is 3.68. The van der Waals surface area contributed by atoms with E-state index < -0.39 is 0 Å². The lowest BCUT2D eigenvalue weighted by atomic mass is 10.1. The van der Waals surface area contributed by atoms with Crippen LogP contribution in [0.5, 0.6) is 0 Å². The second-order valence-corrected chi connectivity index (χ2v) is 2.29. The maximum absolute atomic E-state index is 3.95. The molecule has 0 bridgehead atoms. The number of hydrogen-bond donors (Lipinski definition) is 0. The third-order valence-corrected chi connectivity index (χ3v) is 1.53. The molecule has 0 aliphatic carbocycles. The monoisotopic (exact) mass is 145 g/mol. The van der Waals surface area contributed by atoms with Crippen LogP contribution in [0.25, 0.3) is 0 Å². The maximum Gasteiger partial charge on any atom is 0.0732 e. The molecule has 0 N–H and O–H groups in total. The Morgan fingerprint density at radius 1 is 1.55 bits per heavy atom. The lowest BCUT2D eigenvalue weighted by Gasteiger charge is -1.95. The standard InChI is InChI=1S/C10H11N/c1-3-9-6-5-7-10(8-9)11-4-2/h5-8H,2-3H2,1H3. The van der Waals surface area contributed by atoms with Gasteiger partial charge in [0.05, 0.1) is 5.69 Å². The molecule has 0 amide bonds. The summed E-state index contributed by atoms with van der Waals surface area (Å²) in [5.74, 6) is 2.51. The zero-order valence-corrected chi connectivity index (χ0v) is 6.67. The summed E-state index contributed by atoms with van der Waals surface area (Å²) >= 11 is 0. The third kappa shape index (κ3) is 2.06. The van der Waals surface area contributed by atoms with Crippen LogP contribution in [0.4, 0.5) is 5.69 Å². The molecule has 11 heavy (non-hydrogen) atoms. The molecule has 0 saturated heterocycles. The molecular formula is C10H11N. The van der Waals surface area contributed by atoms with E-state index in [-0.39, 0.29) is 0 Å². The second kappa shape index (κ2) is 3.75. The van der Waals surface area contributed by atoms with Gasteiger partial charge in [-0.2, -0.15) is 0 Å². The molecular weight excluding hydrogens is 134 g/mol. The summed E-state index contributed by atoms with van der Waals surface area (Å²) in [4.78, 5) is 3.95. The molecule has 0 aromatic heterocycles. The van der Waals surface area contributed by atoms with Gasteiger partial charge in [0.1, 0.15) is 0 Å².